The molecule has 1 aromatic rings. The second kappa shape index (κ2) is 7.08. The van der Waals surface area contributed by atoms with E-state index in [0.29, 0.717) is 12.1 Å². The van der Waals surface area contributed by atoms with Gasteiger partial charge in [0.2, 0.25) is 0 Å². The second-order valence-corrected chi connectivity index (χ2v) is 6.89. The smallest absolute Gasteiger partial charge is 0.492 e. The Labute approximate surface area is 139 Å². The topological polar surface area (TPSA) is 47.9 Å². The largest absolute Gasteiger partial charge is 0.494 e. The number of aliphatic hydroxyl groups excluding tert-OH is 1. The van der Waals surface area contributed by atoms with E-state index in [4.69, 9.17) is 14.0 Å². The molecule has 0 aromatic heterocycles. The summed E-state index contributed by atoms with van der Waals surface area (Å²) in [6.07, 6.45) is 2.87. The minimum Gasteiger partial charge on any atom is -0.494 e. The molecule has 2 rings (SSSR count). The predicted octanol–water partition coefficient (Wildman–Crippen LogP) is 3.48. The van der Waals surface area contributed by atoms with Gasteiger partial charge in [-0.15, -0.1) is 0 Å². The van der Waals surface area contributed by atoms with Crippen LogP contribution < -0.4 is 4.74 Å². The number of ether oxygens (including phenoxy) is 1. The van der Waals surface area contributed by atoms with Crippen molar-refractivity contribution >= 4 is 13.2 Å². The molecule has 1 heterocycles. The molecule has 0 saturated carbocycles. The molecule has 0 radical (unpaired) electrons. The van der Waals surface area contributed by atoms with Crippen LogP contribution in [0, 0.1) is 0 Å². The summed E-state index contributed by atoms with van der Waals surface area (Å²) >= 11 is 0. The Hall–Kier alpha value is -1.30. The fraction of sp³-hybridized carbons (Fsp3) is 0.556. The molecule has 0 aliphatic carbocycles. The summed E-state index contributed by atoms with van der Waals surface area (Å²) in [7, 11) is -0.537. The normalized spacial score (nSPS) is 19.9. The molecule has 1 fully saturated rings. The quantitative estimate of drug-likeness (QED) is 0.816. The first-order valence-corrected chi connectivity index (χ1v) is 8.19. The van der Waals surface area contributed by atoms with E-state index in [1.807, 2.05) is 58.0 Å². The first kappa shape index (κ1) is 18.0. The van der Waals surface area contributed by atoms with Gasteiger partial charge >= 0.3 is 7.12 Å². The molecule has 1 aromatic carbocycles. The van der Waals surface area contributed by atoms with E-state index in [9.17, 15) is 5.11 Å². The van der Waals surface area contributed by atoms with Gasteiger partial charge in [0.05, 0.1) is 24.4 Å². The Morgan fingerprint density at radius 1 is 1.22 bits per heavy atom. The minimum absolute atomic E-state index is 0.114. The van der Waals surface area contributed by atoms with Crippen molar-refractivity contribution in [1.29, 1.82) is 0 Å². The molecule has 0 spiro atoms. The van der Waals surface area contributed by atoms with Gasteiger partial charge in [-0.05, 0) is 57.3 Å². The molecule has 1 aliphatic rings. The summed E-state index contributed by atoms with van der Waals surface area (Å²) in [5, 5.41) is 9.74. The molecule has 5 heteroatoms. The maximum absolute atomic E-state index is 9.74. The van der Waals surface area contributed by atoms with Crippen LogP contribution in [0.5, 0.6) is 5.75 Å². The Balaban J connectivity index is 2.20. The SMILES string of the molecule is CCCOc1cccc(C=C(CO)B2OC(C)(C)C(C)(C)O2)c1. The molecule has 126 valence electrons. The Morgan fingerprint density at radius 2 is 1.87 bits per heavy atom. The first-order valence-electron chi connectivity index (χ1n) is 8.19. The molecule has 0 atom stereocenters. The Morgan fingerprint density at radius 3 is 2.43 bits per heavy atom. The van der Waals surface area contributed by atoms with E-state index in [0.717, 1.165) is 17.7 Å². The second-order valence-electron chi connectivity index (χ2n) is 6.89. The van der Waals surface area contributed by atoms with E-state index in [1.54, 1.807) is 0 Å². The van der Waals surface area contributed by atoms with Gasteiger partial charge in [0.1, 0.15) is 5.75 Å². The highest BCUT2D eigenvalue weighted by Gasteiger charge is 2.52. The molecule has 0 amide bonds. The third kappa shape index (κ3) is 4.16. The van der Waals surface area contributed by atoms with Gasteiger partial charge in [-0.3, -0.25) is 0 Å². The minimum atomic E-state index is -0.537. The average molecular weight is 318 g/mol. The Bertz CT molecular complexity index is 550. The van der Waals surface area contributed by atoms with Crippen LogP contribution in [-0.4, -0.2) is 36.6 Å². The standard InChI is InChI=1S/C18H27BO4/c1-6-10-21-16-9-7-8-14(12-16)11-15(13-20)19-22-17(2,3)18(4,5)23-19/h7-9,11-12,20H,6,10,13H2,1-5H3. The van der Waals surface area contributed by atoms with Crippen molar-refractivity contribution in [2.45, 2.75) is 52.2 Å². The summed E-state index contributed by atoms with van der Waals surface area (Å²) in [5.41, 5.74) is 0.824. The summed E-state index contributed by atoms with van der Waals surface area (Å²) in [5.74, 6) is 0.826. The molecule has 0 bridgehead atoms. The number of aliphatic hydroxyl groups is 1. The molecule has 1 N–H and O–H groups in total. The molecule has 23 heavy (non-hydrogen) atoms. The van der Waals surface area contributed by atoms with Crippen LogP contribution in [0.2, 0.25) is 0 Å². The maximum Gasteiger partial charge on any atom is 0.492 e. The number of hydrogen-bond donors (Lipinski definition) is 1. The lowest BCUT2D eigenvalue weighted by Crippen LogP contribution is -2.41. The van der Waals surface area contributed by atoms with Crippen LogP contribution in [0.25, 0.3) is 6.08 Å². The zero-order valence-corrected chi connectivity index (χ0v) is 14.8. The molecule has 4 nitrogen and oxygen atoms in total. The van der Waals surface area contributed by atoms with Crippen LogP contribution in [0.4, 0.5) is 0 Å². The Kier molecular flexibility index (Phi) is 5.55. The number of hydrogen-bond acceptors (Lipinski definition) is 4. The molecular formula is C18H27BO4. The van der Waals surface area contributed by atoms with Gasteiger partial charge in [0.15, 0.2) is 0 Å². The van der Waals surface area contributed by atoms with Gasteiger partial charge in [0, 0.05) is 0 Å². The number of benzene rings is 1. The summed E-state index contributed by atoms with van der Waals surface area (Å²) in [4.78, 5) is 0. The third-order valence-corrected chi connectivity index (χ3v) is 4.42. The highest BCUT2D eigenvalue weighted by atomic mass is 16.7. The van der Waals surface area contributed by atoms with Gasteiger partial charge in [0.25, 0.3) is 0 Å². The summed E-state index contributed by atoms with van der Waals surface area (Å²) in [6, 6.07) is 7.80. The molecule has 0 unspecified atom stereocenters. The van der Waals surface area contributed by atoms with Crippen LogP contribution in [0.3, 0.4) is 0 Å². The van der Waals surface area contributed by atoms with Crippen molar-refractivity contribution < 1.29 is 19.2 Å². The van der Waals surface area contributed by atoms with Gasteiger partial charge in [-0.2, -0.15) is 0 Å². The molecular weight excluding hydrogens is 291 g/mol. The lowest BCUT2D eigenvalue weighted by molar-refractivity contribution is 0.00578. The van der Waals surface area contributed by atoms with Crippen molar-refractivity contribution in [2.75, 3.05) is 13.2 Å². The fourth-order valence-corrected chi connectivity index (χ4v) is 2.31. The van der Waals surface area contributed by atoms with Gasteiger partial charge in [-0.25, -0.2) is 0 Å². The molecule has 1 saturated heterocycles. The first-order chi connectivity index (χ1) is 10.8. The summed E-state index contributed by atoms with van der Waals surface area (Å²) < 4.78 is 17.7. The highest BCUT2D eigenvalue weighted by Crippen LogP contribution is 2.38. The van der Waals surface area contributed by atoms with Crippen molar-refractivity contribution in [3.05, 3.63) is 35.3 Å². The lowest BCUT2D eigenvalue weighted by atomic mass is 9.77. The van der Waals surface area contributed by atoms with E-state index in [1.165, 1.54) is 0 Å². The average Bonchev–Trinajstić information content (AvgIpc) is 2.71. The van der Waals surface area contributed by atoms with Gasteiger partial charge in [-0.1, -0.05) is 25.1 Å². The summed E-state index contributed by atoms with van der Waals surface area (Å²) in [6.45, 7) is 10.7. The number of rotatable bonds is 6. The predicted molar refractivity (Wildman–Crippen MR) is 93.4 cm³/mol. The van der Waals surface area contributed by atoms with Crippen molar-refractivity contribution in [2.24, 2.45) is 0 Å². The van der Waals surface area contributed by atoms with Crippen molar-refractivity contribution in [3.63, 3.8) is 0 Å². The van der Waals surface area contributed by atoms with Crippen LogP contribution >= 0.6 is 0 Å². The van der Waals surface area contributed by atoms with Crippen LogP contribution in [-0.2, 0) is 9.31 Å². The van der Waals surface area contributed by atoms with E-state index in [2.05, 4.69) is 6.92 Å². The fourth-order valence-electron chi connectivity index (χ4n) is 2.31. The van der Waals surface area contributed by atoms with Crippen molar-refractivity contribution in [1.82, 2.24) is 0 Å². The van der Waals surface area contributed by atoms with Gasteiger partial charge < -0.3 is 19.2 Å². The highest BCUT2D eigenvalue weighted by molar-refractivity contribution is 6.55. The van der Waals surface area contributed by atoms with E-state index in [-0.39, 0.29) is 6.61 Å². The monoisotopic (exact) mass is 318 g/mol. The third-order valence-electron chi connectivity index (χ3n) is 4.42. The molecule has 1 aliphatic heterocycles. The van der Waals surface area contributed by atoms with E-state index >= 15 is 0 Å². The lowest BCUT2D eigenvalue weighted by Gasteiger charge is -2.32. The van der Waals surface area contributed by atoms with Crippen molar-refractivity contribution in [3.8, 4) is 5.75 Å². The van der Waals surface area contributed by atoms with Crippen LogP contribution in [0.15, 0.2) is 29.7 Å². The zero-order chi connectivity index (χ0) is 17.1. The van der Waals surface area contributed by atoms with Crippen LogP contribution in [0.1, 0.15) is 46.6 Å². The van der Waals surface area contributed by atoms with E-state index < -0.39 is 18.3 Å². The zero-order valence-electron chi connectivity index (χ0n) is 14.8. The maximum atomic E-state index is 9.74.